The second-order valence-corrected chi connectivity index (χ2v) is 4.62. The molecule has 1 N–H and O–H groups in total. The predicted molar refractivity (Wildman–Crippen MR) is 64.5 cm³/mol. The third kappa shape index (κ3) is 3.92. The summed E-state index contributed by atoms with van der Waals surface area (Å²) in [4.78, 5) is 16.0. The van der Waals surface area contributed by atoms with E-state index >= 15 is 0 Å². The second-order valence-electron chi connectivity index (χ2n) is 4.62. The minimum atomic E-state index is 0.173. The largest absolute Gasteiger partial charge is 0.378 e. The molecule has 2 heterocycles. The van der Waals surface area contributed by atoms with Gasteiger partial charge in [-0.05, 0) is 7.05 Å². The molecule has 0 aromatic carbocycles. The molecule has 98 valence electrons. The standard InChI is InChI=1S/C11H22N4O2/c1-13-2-4-15(5-3-13)12-10-11(16)14-6-8-17-9-7-14/h12H,2-10H2,1H3. The predicted octanol–water partition coefficient (Wildman–Crippen LogP) is -1.40. The Balaban J connectivity index is 1.65. The molecule has 0 spiro atoms. The number of hydrogen-bond donors (Lipinski definition) is 1. The second kappa shape index (κ2) is 6.30. The Hall–Kier alpha value is -0.690. The van der Waals surface area contributed by atoms with Crippen molar-refractivity contribution in [1.29, 1.82) is 0 Å². The Morgan fingerprint density at radius 2 is 1.76 bits per heavy atom. The Morgan fingerprint density at radius 1 is 1.12 bits per heavy atom. The molecule has 0 atom stereocenters. The number of likely N-dealkylation sites (N-methyl/N-ethyl adjacent to an activating group) is 1. The molecule has 0 aromatic rings. The summed E-state index contributed by atoms with van der Waals surface area (Å²) in [6.45, 7) is 7.26. The van der Waals surface area contributed by atoms with E-state index in [1.807, 2.05) is 4.90 Å². The normalized spacial score (nSPS) is 23.9. The van der Waals surface area contributed by atoms with Crippen molar-refractivity contribution in [2.45, 2.75) is 0 Å². The molecular weight excluding hydrogens is 220 g/mol. The molecular formula is C11H22N4O2. The van der Waals surface area contributed by atoms with Gasteiger partial charge in [0.25, 0.3) is 0 Å². The van der Waals surface area contributed by atoms with Crippen LogP contribution in [0.2, 0.25) is 0 Å². The first-order valence-electron chi connectivity index (χ1n) is 6.28. The van der Waals surface area contributed by atoms with Gasteiger partial charge in [0.05, 0.1) is 19.8 Å². The summed E-state index contributed by atoms with van der Waals surface area (Å²) in [5, 5.41) is 2.14. The van der Waals surface area contributed by atoms with Crippen LogP contribution in [0, 0.1) is 0 Å². The molecule has 0 saturated carbocycles. The number of morpholine rings is 1. The third-order valence-electron chi connectivity index (χ3n) is 3.32. The van der Waals surface area contributed by atoms with E-state index in [2.05, 4.69) is 22.4 Å². The van der Waals surface area contributed by atoms with Crippen LogP contribution in [0.3, 0.4) is 0 Å². The quantitative estimate of drug-likeness (QED) is 0.659. The van der Waals surface area contributed by atoms with Crippen LogP contribution in [0.5, 0.6) is 0 Å². The first-order valence-corrected chi connectivity index (χ1v) is 6.28. The number of rotatable bonds is 3. The van der Waals surface area contributed by atoms with E-state index in [0.717, 1.165) is 39.3 Å². The summed E-state index contributed by atoms with van der Waals surface area (Å²) in [6.07, 6.45) is 0. The van der Waals surface area contributed by atoms with Gasteiger partial charge in [-0.15, -0.1) is 0 Å². The van der Waals surface area contributed by atoms with E-state index in [4.69, 9.17) is 4.74 Å². The van der Waals surface area contributed by atoms with Crippen molar-refractivity contribution in [3.05, 3.63) is 0 Å². The minimum absolute atomic E-state index is 0.173. The lowest BCUT2D eigenvalue weighted by atomic mass is 10.4. The molecule has 17 heavy (non-hydrogen) atoms. The van der Waals surface area contributed by atoms with E-state index in [1.54, 1.807) is 0 Å². The van der Waals surface area contributed by atoms with Gasteiger partial charge in [0.15, 0.2) is 0 Å². The SMILES string of the molecule is CN1CCN(NCC(=O)N2CCOCC2)CC1. The topological polar surface area (TPSA) is 48.0 Å². The highest BCUT2D eigenvalue weighted by Gasteiger charge is 2.18. The van der Waals surface area contributed by atoms with Crippen LogP contribution in [0.15, 0.2) is 0 Å². The maximum Gasteiger partial charge on any atom is 0.238 e. The summed E-state index contributed by atoms with van der Waals surface area (Å²) in [6, 6.07) is 0. The van der Waals surface area contributed by atoms with Crippen molar-refractivity contribution < 1.29 is 9.53 Å². The number of carbonyl (C=O) groups excluding carboxylic acids is 1. The number of nitrogens with zero attached hydrogens (tertiary/aromatic N) is 3. The van der Waals surface area contributed by atoms with E-state index < -0.39 is 0 Å². The fourth-order valence-corrected chi connectivity index (χ4v) is 2.07. The molecule has 0 radical (unpaired) electrons. The highest BCUT2D eigenvalue weighted by molar-refractivity contribution is 5.78. The summed E-state index contributed by atoms with van der Waals surface area (Å²) in [7, 11) is 2.12. The molecule has 2 rings (SSSR count). The molecule has 6 nitrogen and oxygen atoms in total. The van der Waals surface area contributed by atoms with Gasteiger partial charge in [-0.3, -0.25) is 4.79 Å². The van der Waals surface area contributed by atoms with Crippen LogP contribution in [0.4, 0.5) is 0 Å². The zero-order valence-electron chi connectivity index (χ0n) is 10.5. The summed E-state index contributed by atoms with van der Waals surface area (Å²) in [5.74, 6) is 0.173. The number of hydrazine groups is 1. The number of ether oxygens (including phenoxy) is 1. The molecule has 6 heteroatoms. The van der Waals surface area contributed by atoms with E-state index in [0.29, 0.717) is 19.8 Å². The zero-order chi connectivity index (χ0) is 12.1. The van der Waals surface area contributed by atoms with Gasteiger partial charge in [0.2, 0.25) is 5.91 Å². The smallest absolute Gasteiger partial charge is 0.238 e. The zero-order valence-corrected chi connectivity index (χ0v) is 10.5. The van der Waals surface area contributed by atoms with Crippen molar-refractivity contribution in [1.82, 2.24) is 20.2 Å². The van der Waals surface area contributed by atoms with Crippen LogP contribution in [0.1, 0.15) is 0 Å². The molecule has 2 aliphatic heterocycles. The fraction of sp³-hybridized carbons (Fsp3) is 0.909. The molecule has 2 aliphatic rings. The minimum Gasteiger partial charge on any atom is -0.378 e. The number of carbonyl (C=O) groups is 1. The molecule has 0 unspecified atom stereocenters. The first-order chi connectivity index (χ1) is 8.25. The van der Waals surface area contributed by atoms with Gasteiger partial charge in [-0.1, -0.05) is 0 Å². The molecule has 0 aromatic heterocycles. The van der Waals surface area contributed by atoms with Gasteiger partial charge >= 0.3 is 0 Å². The van der Waals surface area contributed by atoms with Gasteiger partial charge in [-0.2, -0.15) is 0 Å². The van der Waals surface area contributed by atoms with E-state index in [1.165, 1.54) is 0 Å². The average molecular weight is 242 g/mol. The van der Waals surface area contributed by atoms with Crippen LogP contribution in [-0.2, 0) is 9.53 Å². The van der Waals surface area contributed by atoms with E-state index in [-0.39, 0.29) is 5.91 Å². The molecule has 1 amide bonds. The monoisotopic (exact) mass is 242 g/mol. The summed E-state index contributed by atoms with van der Waals surface area (Å²) >= 11 is 0. The van der Waals surface area contributed by atoms with Gasteiger partial charge < -0.3 is 14.5 Å². The number of amides is 1. The van der Waals surface area contributed by atoms with Crippen molar-refractivity contribution >= 4 is 5.91 Å². The summed E-state index contributed by atoms with van der Waals surface area (Å²) in [5.41, 5.74) is 3.21. The van der Waals surface area contributed by atoms with Gasteiger partial charge in [-0.25, -0.2) is 10.4 Å². The van der Waals surface area contributed by atoms with E-state index in [9.17, 15) is 4.79 Å². The van der Waals surface area contributed by atoms with Crippen LogP contribution in [0.25, 0.3) is 0 Å². The fourth-order valence-electron chi connectivity index (χ4n) is 2.07. The maximum absolute atomic E-state index is 11.9. The third-order valence-corrected chi connectivity index (χ3v) is 3.32. The molecule has 2 saturated heterocycles. The van der Waals surface area contributed by atoms with Crippen LogP contribution in [-0.4, -0.2) is 86.8 Å². The van der Waals surface area contributed by atoms with Crippen LogP contribution >= 0.6 is 0 Å². The highest BCUT2D eigenvalue weighted by atomic mass is 16.5. The van der Waals surface area contributed by atoms with Gasteiger partial charge in [0.1, 0.15) is 0 Å². The van der Waals surface area contributed by atoms with Crippen molar-refractivity contribution in [3.63, 3.8) is 0 Å². The number of nitrogens with one attached hydrogen (secondary N) is 1. The number of hydrogen-bond acceptors (Lipinski definition) is 5. The Labute approximate surface area is 102 Å². The van der Waals surface area contributed by atoms with Gasteiger partial charge in [0, 0.05) is 39.3 Å². The van der Waals surface area contributed by atoms with Crippen molar-refractivity contribution in [3.8, 4) is 0 Å². The Kier molecular flexibility index (Phi) is 4.73. The average Bonchev–Trinajstić information content (AvgIpc) is 2.39. The maximum atomic E-state index is 11.9. The lowest BCUT2D eigenvalue weighted by molar-refractivity contribution is -0.135. The van der Waals surface area contributed by atoms with Crippen molar-refractivity contribution in [2.24, 2.45) is 0 Å². The lowest BCUT2D eigenvalue weighted by Gasteiger charge is -2.33. The Morgan fingerprint density at radius 3 is 2.41 bits per heavy atom. The first kappa shape index (κ1) is 12.8. The highest BCUT2D eigenvalue weighted by Crippen LogP contribution is 1.98. The molecule has 0 aliphatic carbocycles. The molecule has 2 fully saturated rings. The number of piperazine rings is 1. The van der Waals surface area contributed by atoms with Crippen molar-refractivity contribution in [2.75, 3.05) is 66.1 Å². The lowest BCUT2D eigenvalue weighted by Crippen LogP contribution is -2.54. The van der Waals surface area contributed by atoms with Crippen LogP contribution < -0.4 is 5.43 Å². The molecule has 0 bridgehead atoms. The summed E-state index contributed by atoms with van der Waals surface area (Å²) < 4.78 is 5.23. The Bertz CT molecular complexity index is 248.